The molecule has 0 spiro atoms. The Morgan fingerprint density at radius 3 is 3.20 bits per heavy atom. The van der Waals surface area contributed by atoms with Crippen LogP contribution >= 0.6 is 0 Å². The van der Waals surface area contributed by atoms with Crippen LogP contribution in [0.3, 0.4) is 0 Å². The number of rotatable bonds is 9. The van der Waals surface area contributed by atoms with E-state index >= 15 is 0 Å². The zero-order chi connectivity index (χ0) is 14.0. The van der Waals surface area contributed by atoms with E-state index in [2.05, 4.69) is 10.3 Å². The van der Waals surface area contributed by atoms with Crippen molar-refractivity contribution in [3.05, 3.63) is 30.1 Å². The number of aromatic nitrogens is 1. The van der Waals surface area contributed by atoms with Crippen LogP contribution in [-0.2, 0) is 15.9 Å². The van der Waals surface area contributed by atoms with E-state index in [0.29, 0.717) is 19.8 Å². The molecule has 2 atom stereocenters. The second-order valence-electron chi connectivity index (χ2n) is 5.10. The number of nitrogens with zero attached hydrogens (tertiary/aromatic N) is 1. The number of hydrogen-bond donors (Lipinski definition) is 2. The normalized spacial score (nSPS) is 20.1. The number of aliphatic hydroxyl groups excluding tert-OH is 1. The van der Waals surface area contributed by atoms with Gasteiger partial charge in [-0.15, -0.1) is 0 Å². The van der Waals surface area contributed by atoms with E-state index < -0.39 is 6.10 Å². The quantitative estimate of drug-likeness (QED) is 0.654. The maximum absolute atomic E-state index is 9.78. The zero-order valence-electron chi connectivity index (χ0n) is 11.8. The van der Waals surface area contributed by atoms with E-state index in [9.17, 15) is 5.11 Å². The molecule has 112 valence electrons. The van der Waals surface area contributed by atoms with Crippen LogP contribution in [0.15, 0.2) is 24.4 Å². The summed E-state index contributed by atoms with van der Waals surface area (Å²) in [5.74, 6) is 0. The summed E-state index contributed by atoms with van der Waals surface area (Å²) in [6, 6.07) is 5.89. The van der Waals surface area contributed by atoms with E-state index in [0.717, 1.165) is 38.1 Å². The fraction of sp³-hybridized carbons (Fsp3) is 0.667. The third-order valence-corrected chi connectivity index (χ3v) is 3.30. The highest BCUT2D eigenvalue weighted by atomic mass is 16.5. The summed E-state index contributed by atoms with van der Waals surface area (Å²) in [5.41, 5.74) is 1.06. The van der Waals surface area contributed by atoms with Crippen LogP contribution in [0, 0.1) is 0 Å². The molecule has 1 aromatic heterocycles. The Bertz CT molecular complexity index is 355. The van der Waals surface area contributed by atoms with Crippen molar-refractivity contribution in [2.24, 2.45) is 0 Å². The van der Waals surface area contributed by atoms with Gasteiger partial charge in [-0.1, -0.05) is 6.07 Å². The third-order valence-electron chi connectivity index (χ3n) is 3.30. The molecule has 1 aliphatic heterocycles. The topological polar surface area (TPSA) is 63.6 Å². The highest BCUT2D eigenvalue weighted by Crippen LogP contribution is 2.11. The van der Waals surface area contributed by atoms with Gasteiger partial charge < -0.3 is 19.9 Å². The van der Waals surface area contributed by atoms with Crippen molar-refractivity contribution < 1.29 is 14.6 Å². The Hall–Kier alpha value is -1.01. The molecule has 2 heterocycles. The molecule has 5 nitrogen and oxygen atoms in total. The lowest BCUT2D eigenvalue weighted by Gasteiger charge is -2.14. The smallest absolute Gasteiger partial charge is 0.0897 e. The van der Waals surface area contributed by atoms with Crippen molar-refractivity contribution in [1.82, 2.24) is 10.3 Å². The lowest BCUT2D eigenvalue weighted by molar-refractivity contribution is -0.0163. The Morgan fingerprint density at radius 1 is 1.50 bits per heavy atom. The SMILES string of the molecule is OC(CNCCc1ccccn1)COCC1CCCO1. The molecule has 0 amide bonds. The first-order chi connectivity index (χ1) is 9.84. The van der Waals surface area contributed by atoms with Crippen LogP contribution in [0.25, 0.3) is 0 Å². The molecule has 0 saturated carbocycles. The molecule has 2 N–H and O–H groups in total. The van der Waals surface area contributed by atoms with Gasteiger partial charge in [0.1, 0.15) is 0 Å². The molecule has 0 bridgehead atoms. The van der Waals surface area contributed by atoms with Crippen LogP contribution in [-0.4, -0.2) is 55.2 Å². The van der Waals surface area contributed by atoms with Gasteiger partial charge in [-0.05, 0) is 25.0 Å². The molecule has 1 aliphatic rings. The Kier molecular flexibility index (Phi) is 6.94. The minimum Gasteiger partial charge on any atom is -0.389 e. The standard InChI is InChI=1S/C15H24N2O3/c18-14(11-19-12-15-5-3-9-20-15)10-16-8-6-13-4-1-2-7-17-13/h1-2,4,7,14-16,18H,3,5-6,8-12H2. The largest absolute Gasteiger partial charge is 0.389 e. The van der Waals surface area contributed by atoms with Crippen LogP contribution in [0.5, 0.6) is 0 Å². The van der Waals surface area contributed by atoms with E-state index in [4.69, 9.17) is 9.47 Å². The predicted octanol–water partition coefficient (Wildman–Crippen LogP) is 0.770. The number of aliphatic hydroxyl groups is 1. The minimum absolute atomic E-state index is 0.222. The molecule has 0 radical (unpaired) electrons. The van der Waals surface area contributed by atoms with Gasteiger partial charge in [-0.3, -0.25) is 4.98 Å². The van der Waals surface area contributed by atoms with Gasteiger partial charge in [0.05, 0.1) is 25.4 Å². The molecule has 0 aromatic carbocycles. The first-order valence-electron chi connectivity index (χ1n) is 7.32. The van der Waals surface area contributed by atoms with E-state index in [1.807, 2.05) is 18.2 Å². The summed E-state index contributed by atoms with van der Waals surface area (Å²) >= 11 is 0. The molecular weight excluding hydrogens is 256 g/mol. The van der Waals surface area contributed by atoms with E-state index in [-0.39, 0.29) is 6.10 Å². The average Bonchev–Trinajstić information content (AvgIpc) is 2.98. The van der Waals surface area contributed by atoms with Crippen molar-refractivity contribution in [2.45, 2.75) is 31.5 Å². The van der Waals surface area contributed by atoms with Crippen LogP contribution in [0.2, 0.25) is 0 Å². The van der Waals surface area contributed by atoms with Crippen molar-refractivity contribution in [2.75, 3.05) is 32.9 Å². The fourth-order valence-corrected chi connectivity index (χ4v) is 2.20. The van der Waals surface area contributed by atoms with Gasteiger partial charge in [0.2, 0.25) is 0 Å². The van der Waals surface area contributed by atoms with Gasteiger partial charge >= 0.3 is 0 Å². The highest BCUT2D eigenvalue weighted by molar-refractivity contribution is 5.03. The molecule has 2 rings (SSSR count). The van der Waals surface area contributed by atoms with Crippen LogP contribution in [0.1, 0.15) is 18.5 Å². The zero-order valence-corrected chi connectivity index (χ0v) is 11.8. The van der Waals surface area contributed by atoms with Crippen LogP contribution < -0.4 is 5.32 Å². The van der Waals surface area contributed by atoms with E-state index in [1.165, 1.54) is 0 Å². The Labute approximate surface area is 120 Å². The van der Waals surface area contributed by atoms with Crippen molar-refractivity contribution in [3.63, 3.8) is 0 Å². The lowest BCUT2D eigenvalue weighted by Crippen LogP contribution is -2.32. The molecule has 2 unspecified atom stereocenters. The maximum atomic E-state index is 9.78. The van der Waals surface area contributed by atoms with Crippen molar-refractivity contribution in [1.29, 1.82) is 0 Å². The molecule has 1 aromatic rings. The third kappa shape index (κ3) is 5.96. The maximum Gasteiger partial charge on any atom is 0.0897 e. The predicted molar refractivity (Wildman–Crippen MR) is 76.6 cm³/mol. The second-order valence-corrected chi connectivity index (χ2v) is 5.10. The Balaban J connectivity index is 1.46. The van der Waals surface area contributed by atoms with Crippen molar-refractivity contribution >= 4 is 0 Å². The molecular formula is C15H24N2O3. The van der Waals surface area contributed by atoms with E-state index in [1.54, 1.807) is 6.20 Å². The van der Waals surface area contributed by atoms with Crippen LogP contribution in [0.4, 0.5) is 0 Å². The van der Waals surface area contributed by atoms with Gasteiger partial charge in [0, 0.05) is 38.0 Å². The summed E-state index contributed by atoms with van der Waals surface area (Å²) in [5, 5.41) is 13.0. The average molecular weight is 280 g/mol. The first kappa shape index (κ1) is 15.4. The summed E-state index contributed by atoms with van der Waals surface area (Å²) in [7, 11) is 0. The van der Waals surface area contributed by atoms with Gasteiger partial charge in [0.25, 0.3) is 0 Å². The monoisotopic (exact) mass is 280 g/mol. The number of ether oxygens (including phenoxy) is 2. The van der Waals surface area contributed by atoms with Crippen molar-refractivity contribution in [3.8, 4) is 0 Å². The summed E-state index contributed by atoms with van der Waals surface area (Å²) in [6.07, 6.45) is 4.59. The number of nitrogens with one attached hydrogen (secondary N) is 1. The minimum atomic E-state index is -0.472. The summed E-state index contributed by atoms with van der Waals surface area (Å²) in [6.45, 7) is 3.13. The Morgan fingerprint density at radius 2 is 2.45 bits per heavy atom. The molecule has 1 saturated heterocycles. The lowest BCUT2D eigenvalue weighted by atomic mass is 10.2. The van der Waals surface area contributed by atoms with Gasteiger partial charge in [-0.25, -0.2) is 0 Å². The first-order valence-corrected chi connectivity index (χ1v) is 7.32. The number of pyridine rings is 1. The summed E-state index contributed by atoms with van der Waals surface area (Å²) < 4.78 is 10.9. The molecule has 1 fully saturated rings. The fourth-order valence-electron chi connectivity index (χ4n) is 2.20. The molecule has 5 heteroatoms. The number of hydrogen-bond acceptors (Lipinski definition) is 5. The second kappa shape index (κ2) is 9.02. The van der Waals surface area contributed by atoms with Gasteiger partial charge in [-0.2, -0.15) is 0 Å². The summed E-state index contributed by atoms with van der Waals surface area (Å²) in [4.78, 5) is 4.25. The molecule has 0 aliphatic carbocycles. The highest BCUT2D eigenvalue weighted by Gasteiger charge is 2.15. The molecule has 20 heavy (non-hydrogen) atoms. The van der Waals surface area contributed by atoms with Gasteiger partial charge in [0.15, 0.2) is 0 Å².